The molecule has 130 valence electrons. The maximum Gasteiger partial charge on any atom is 0.249 e. The molecule has 0 amide bonds. The molecule has 1 aromatic carbocycles. The van der Waals surface area contributed by atoms with E-state index < -0.39 is 38.2 Å². The maximum atomic E-state index is 13.7. The number of piperidine rings is 1. The van der Waals surface area contributed by atoms with E-state index in [4.69, 9.17) is 0 Å². The van der Waals surface area contributed by atoms with Crippen LogP contribution in [0.25, 0.3) is 0 Å². The van der Waals surface area contributed by atoms with E-state index in [1.165, 1.54) is 0 Å². The molecule has 0 atom stereocenters. The number of nitrogens with one attached hydrogen (secondary N) is 1. The van der Waals surface area contributed by atoms with Crippen LogP contribution in [0.2, 0.25) is 0 Å². The summed E-state index contributed by atoms with van der Waals surface area (Å²) < 4.78 is 79.5. The molecule has 0 aliphatic carbocycles. The summed E-state index contributed by atoms with van der Waals surface area (Å²) in [5.74, 6) is -6.99. The van der Waals surface area contributed by atoms with Crippen LogP contribution in [0, 0.1) is 29.2 Å². The highest BCUT2D eigenvalue weighted by atomic mass is 32.2. The summed E-state index contributed by atoms with van der Waals surface area (Å²) in [7, 11) is -4.63. The summed E-state index contributed by atoms with van der Waals surface area (Å²) in [6.07, 6.45) is 1.01. The molecule has 0 bridgehead atoms. The molecule has 23 heavy (non-hydrogen) atoms. The Kier molecular flexibility index (Phi) is 5.64. The number of nitrogens with zero attached hydrogens (tertiary/aromatic N) is 1. The fourth-order valence-corrected chi connectivity index (χ4v) is 4.21. The fourth-order valence-electron chi connectivity index (χ4n) is 2.61. The van der Waals surface area contributed by atoms with Gasteiger partial charge in [-0.15, -0.1) is 0 Å². The van der Waals surface area contributed by atoms with Crippen LogP contribution < -0.4 is 5.32 Å². The van der Waals surface area contributed by atoms with Crippen molar-refractivity contribution < 1.29 is 26.0 Å². The second-order valence-electron chi connectivity index (χ2n) is 5.45. The zero-order valence-electron chi connectivity index (χ0n) is 12.6. The van der Waals surface area contributed by atoms with Crippen LogP contribution in [0.4, 0.5) is 17.6 Å². The number of rotatable bonds is 5. The van der Waals surface area contributed by atoms with E-state index in [0.29, 0.717) is 12.8 Å². The number of sulfonamides is 1. The lowest BCUT2D eigenvalue weighted by Crippen LogP contribution is -2.41. The van der Waals surface area contributed by atoms with Gasteiger partial charge in [0.05, 0.1) is 0 Å². The van der Waals surface area contributed by atoms with Crippen LogP contribution in [0.5, 0.6) is 0 Å². The van der Waals surface area contributed by atoms with E-state index in [1.54, 1.807) is 0 Å². The molecule has 1 saturated heterocycles. The van der Waals surface area contributed by atoms with Crippen LogP contribution >= 0.6 is 0 Å². The average molecular weight is 354 g/mol. The van der Waals surface area contributed by atoms with Crippen molar-refractivity contribution in [2.75, 3.05) is 26.2 Å². The molecule has 1 aliphatic rings. The van der Waals surface area contributed by atoms with Gasteiger partial charge in [-0.25, -0.2) is 26.0 Å². The largest absolute Gasteiger partial charge is 0.317 e. The first kappa shape index (κ1) is 18.2. The van der Waals surface area contributed by atoms with Crippen LogP contribution in [0.3, 0.4) is 0 Å². The maximum absolute atomic E-state index is 13.7. The summed E-state index contributed by atoms with van der Waals surface area (Å²) in [6, 6.07) is -0.00760. The van der Waals surface area contributed by atoms with E-state index in [9.17, 15) is 26.0 Å². The first-order chi connectivity index (χ1) is 10.8. The Morgan fingerprint density at radius 2 is 1.65 bits per heavy atom. The normalized spacial score (nSPS) is 17.6. The Labute approximate surface area is 132 Å². The van der Waals surface area contributed by atoms with Gasteiger partial charge >= 0.3 is 0 Å². The van der Waals surface area contributed by atoms with Crippen molar-refractivity contribution in [3.63, 3.8) is 0 Å². The Morgan fingerprint density at radius 1 is 1.13 bits per heavy atom. The lowest BCUT2D eigenvalue weighted by Gasteiger charge is -2.31. The van der Waals surface area contributed by atoms with Crippen molar-refractivity contribution in [2.24, 2.45) is 5.92 Å². The Morgan fingerprint density at radius 3 is 2.13 bits per heavy atom. The van der Waals surface area contributed by atoms with Gasteiger partial charge in [0.2, 0.25) is 10.0 Å². The SMILES string of the molecule is CCNCC1CCN(S(=O)(=O)c2c(F)c(F)cc(F)c2F)CC1. The minimum Gasteiger partial charge on any atom is -0.317 e. The van der Waals surface area contributed by atoms with E-state index in [-0.39, 0.29) is 25.1 Å². The molecule has 1 N–H and O–H groups in total. The van der Waals surface area contributed by atoms with Crippen LogP contribution in [-0.2, 0) is 10.0 Å². The van der Waals surface area contributed by atoms with Gasteiger partial charge < -0.3 is 5.32 Å². The third-order valence-electron chi connectivity index (χ3n) is 3.93. The minimum atomic E-state index is -4.63. The van der Waals surface area contributed by atoms with Crippen molar-refractivity contribution >= 4 is 10.0 Å². The predicted octanol–water partition coefficient (Wildman–Crippen LogP) is 2.25. The Balaban J connectivity index is 2.24. The van der Waals surface area contributed by atoms with Crippen LogP contribution in [0.15, 0.2) is 11.0 Å². The number of hydrogen-bond donors (Lipinski definition) is 1. The number of hydrogen-bond acceptors (Lipinski definition) is 3. The Hall–Kier alpha value is -1.19. The van der Waals surface area contributed by atoms with Gasteiger partial charge in [0.25, 0.3) is 0 Å². The molecule has 0 saturated carbocycles. The van der Waals surface area contributed by atoms with Gasteiger partial charge in [0.1, 0.15) is 0 Å². The summed E-state index contributed by atoms with van der Waals surface area (Å²) in [4.78, 5) is -1.56. The topological polar surface area (TPSA) is 49.4 Å². The lowest BCUT2D eigenvalue weighted by atomic mass is 9.98. The summed E-state index contributed by atoms with van der Waals surface area (Å²) >= 11 is 0. The van der Waals surface area contributed by atoms with Gasteiger partial charge in [0.15, 0.2) is 28.2 Å². The summed E-state index contributed by atoms with van der Waals surface area (Å²) in [5, 5.41) is 3.15. The average Bonchev–Trinajstić information content (AvgIpc) is 2.51. The van der Waals surface area contributed by atoms with Crippen molar-refractivity contribution in [2.45, 2.75) is 24.7 Å². The van der Waals surface area contributed by atoms with Crippen LogP contribution in [-0.4, -0.2) is 38.9 Å². The highest BCUT2D eigenvalue weighted by Gasteiger charge is 2.36. The molecule has 1 fully saturated rings. The van der Waals surface area contributed by atoms with E-state index >= 15 is 0 Å². The standard InChI is InChI=1S/C14H18F4N2O2S/c1-2-19-8-9-3-5-20(6-4-9)23(21,22)14-12(17)10(15)7-11(16)13(14)18/h7,9,19H,2-6,8H2,1H3. The highest BCUT2D eigenvalue weighted by molar-refractivity contribution is 7.89. The number of benzene rings is 1. The second kappa shape index (κ2) is 7.14. The van der Waals surface area contributed by atoms with Gasteiger partial charge in [0, 0.05) is 19.2 Å². The molecule has 4 nitrogen and oxygen atoms in total. The third kappa shape index (κ3) is 3.67. The van der Waals surface area contributed by atoms with Gasteiger partial charge in [-0.2, -0.15) is 4.31 Å². The lowest BCUT2D eigenvalue weighted by molar-refractivity contribution is 0.266. The highest BCUT2D eigenvalue weighted by Crippen LogP contribution is 2.29. The molecular weight excluding hydrogens is 336 g/mol. The van der Waals surface area contributed by atoms with Gasteiger partial charge in [-0.05, 0) is 31.8 Å². The van der Waals surface area contributed by atoms with Crippen molar-refractivity contribution in [1.82, 2.24) is 9.62 Å². The van der Waals surface area contributed by atoms with E-state index in [0.717, 1.165) is 17.4 Å². The van der Waals surface area contributed by atoms with Gasteiger partial charge in [-0.1, -0.05) is 6.92 Å². The summed E-state index contributed by atoms with van der Waals surface area (Å²) in [6.45, 7) is 3.56. The van der Waals surface area contributed by atoms with E-state index in [2.05, 4.69) is 5.32 Å². The van der Waals surface area contributed by atoms with Gasteiger partial charge in [-0.3, -0.25) is 0 Å². The Bertz CT molecular complexity index is 648. The fraction of sp³-hybridized carbons (Fsp3) is 0.571. The molecule has 0 radical (unpaired) electrons. The smallest absolute Gasteiger partial charge is 0.249 e. The zero-order valence-corrected chi connectivity index (χ0v) is 13.4. The monoisotopic (exact) mass is 354 g/mol. The molecule has 2 rings (SSSR count). The minimum absolute atomic E-state index is 0.00760. The van der Waals surface area contributed by atoms with Crippen molar-refractivity contribution in [3.8, 4) is 0 Å². The first-order valence-corrected chi connectivity index (χ1v) is 8.76. The molecule has 1 aromatic rings. The number of halogens is 4. The van der Waals surface area contributed by atoms with Crippen LogP contribution in [0.1, 0.15) is 19.8 Å². The molecular formula is C14H18F4N2O2S. The molecule has 1 heterocycles. The molecule has 1 aliphatic heterocycles. The van der Waals surface area contributed by atoms with E-state index in [1.807, 2.05) is 6.92 Å². The second-order valence-corrected chi connectivity index (χ2v) is 7.33. The quantitative estimate of drug-likeness (QED) is 0.652. The predicted molar refractivity (Wildman–Crippen MR) is 76.3 cm³/mol. The molecule has 0 unspecified atom stereocenters. The third-order valence-corrected chi connectivity index (χ3v) is 5.85. The molecule has 9 heteroatoms. The molecule has 0 spiro atoms. The van der Waals surface area contributed by atoms with Crippen molar-refractivity contribution in [1.29, 1.82) is 0 Å². The molecule has 0 aromatic heterocycles. The zero-order chi connectivity index (χ0) is 17.2. The first-order valence-electron chi connectivity index (χ1n) is 7.32. The summed E-state index contributed by atoms with van der Waals surface area (Å²) in [5.41, 5.74) is 0. The van der Waals surface area contributed by atoms with Crippen molar-refractivity contribution in [3.05, 3.63) is 29.3 Å².